The van der Waals surface area contributed by atoms with E-state index < -0.39 is 11.2 Å². The van der Waals surface area contributed by atoms with Crippen LogP contribution < -0.4 is 0 Å². The molecule has 2 aromatic rings. The maximum atomic E-state index is 14.2. The van der Waals surface area contributed by atoms with Crippen molar-refractivity contribution in [3.63, 3.8) is 0 Å². The smallest absolute Gasteiger partial charge is 0.192 e. The van der Waals surface area contributed by atoms with Crippen LogP contribution in [0.15, 0.2) is 66.5 Å². The highest BCUT2D eigenvalue weighted by Crippen LogP contribution is 2.65. The molecule has 2 bridgehead atoms. The quantitative estimate of drug-likeness (QED) is 0.280. The maximum absolute atomic E-state index is 14.2. The zero-order valence-corrected chi connectivity index (χ0v) is 23.7. The number of hydrogen-bond donors (Lipinski definition) is 0. The minimum Gasteiger partial charge on any atom is -0.357 e. The van der Waals surface area contributed by atoms with Crippen molar-refractivity contribution in [1.82, 2.24) is 0 Å². The number of thiophene rings is 2. The van der Waals surface area contributed by atoms with Gasteiger partial charge in [-0.05, 0) is 80.1 Å². The number of allylic oxidation sites excluding steroid dienone is 2. The molecule has 8 rings (SSSR count). The first-order chi connectivity index (χ1) is 16.5. The number of carbonyl (C=O) groups excluding carboxylic acids is 2. The maximum Gasteiger partial charge on any atom is 0.192 e. The molecule has 4 nitrogen and oxygen atoms in total. The van der Waals surface area contributed by atoms with Gasteiger partial charge in [-0.1, -0.05) is 30.4 Å². The molecule has 0 saturated heterocycles. The predicted octanol–water partition coefficient (Wildman–Crippen LogP) is 6.10. The van der Waals surface area contributed by atoms with E-state index in [9.17, 15) is 9.59 Å². The van der Waals surface area contributed by atoms with Crippen molar-refractivity contribution in [2.24, 2.45) is 23.7 Å². The minimum absolute atomic E-state index is 0.0262. The van der Waals surface area contributed by atoms with Crippen LogP contribution in [0.2, 0.25) is 0 Å². The summed E-state index contributed by atoms with van der Waals surface area (Å²) in [6.07, 6.45) is 7.81. The van der Waals surface area contributed by atoms with Gasteiger partial charge in [-0.2, -0.15) is 0 Å². The van der Waals surface area contributed by atoms with Crippen molar-refractivity contribution in [1.29, 1.82) is 0 Å². The van der Waals surface area contributed by atoms with Crippen LogP contribution in [0.3, 0.4) is 0 Å². The Morgan fingerprint density at radius 2 is 1.47 bits per heavy atom. The molecule has 2 spiro atoms. The van der Waals surface area contributed by atoms with Crippen molar-refractivity contribution in [3.8, 4) is 0 Å². The van der Waals surface area contributed by atoms with Crippen molar-refractivity contribution in [2.75, 3.05) is 13.2 Å². The molecule has 0 N–H and O–H groups in total. The molecule has 1 fully saturated rings. The zero-order valence-electron chi connectivity index (χ0n) is 17.7. The Morgan fingerprint density at radius 3 is 2.09 bits per heavy atom. The molecule has 0 unspecified atom stereocenters. The second-order valence-electron chi connectivity index (χ2n) is 9.19. The Labute approximate surface area is 232 Å². The van der Waals surface area contributed by atoms with E-state index in [2.05, 4.69) is 63.4 Å². The summed E-state index contributed by atoms with van der Waals surface area (Å²) in [6.45, 7) is 0.821. The molecular formula is C26H18I2O4S2. The van der Waals surface area contributed by atoms with Gasteiger partial charge in [0.05, 0.1) is 13.2 Å². The van der Waals surface area contributed by atoms with Crippen LogP contribution in [0, 0.1) is 23.7 Å². The number of ketones is 2. The first-order valence-corrected chi connectivity index (χ1v) is 15.0. The molecule has 2 aromatic heterocycles. The predicted molar refractivity (Wildman–Crippen MR) is 150 cm³/mol. The number of halogens is 2. The summed E-state index contributed by atoms with van der Waals surface area (Å²) in [5, 5.41) is 4.08. The van der Waals surface area contributed by atoms with Gasteiger partial charge in [-0.3, -0.25) is 9.59 Å². The normalized spacial score (nSPS) is 38.3. The van der Waals surface area contributed by atoms with Gasteiger partial charge in [0, 0.05) is 45.8 Å². The third-order valence-corrected chi connectivity index (χ3v) is 11.3. The molecule has 1 saturated carbocycles. The Balaban J connectivity index is 1.47. The number of carbonyl (C=O) groups is 2. The fourth-order valence-corrected chi connectivity index (χ4v) is 10.5. The highest BCUT2D eigenvalue weighted by molar-refractivity contribution is 14.1. The number of ether oxygens (including phenoxy) is 2. The Bertz CT molecular complexity index is 1350. The molecule has 0 amide bonds. The van der Waals surface area contributed by atoms with E-state index in [1.165, 1.54) is 0 Å². The van der Waals surface area contributed by atoms with Gasteiger partial charge in [-0.25, -0.2) is 0 Å². The summed E-state index contributed by atoms with van der Waals surface area (Å²) in [4.78, 5) is 30.2. The van der Waals surface area contributed by atoms with Gasteiger partial charge in [0.25, 0.3) is 0 Å². The monoisotopic (exact) mass is 712 g/mol. The average molecular weight is 712 g/mol. The van der Waals surface area contributed by atoms with Gasteiger partial charge in [0.1, 0.15) is 0 Å². The van der Waals surface area contributed by atoms with E-state index in [4.69, 9.17) is 9.47 Å². The summed E-state index contributed by atoms with van der Waals surface area (Å²) in [5.41, 5.74) is -0.235. The number of rotatable bonds is 2. The van der Waals surface area contributed by atoms with Gasteiger partial charge in [0.2, 0.25) is 0 Å². The minimum atomic E-state index is -1.11. The topological polar surface area (TPSA) is 52.6 Å². The average Bonchev–Trinajstić information content (AvgIpc) is 3.62. The van der Waals surface area contributed by atoms with Gasteiger partial charge in [-0.15, -0.1) is 22.7 Å². The first kappa shape index (κ1) is 22.3. The molecule has 8 heteroatoms. The highest BCUT2D eigenvalue weighted by atomic mass is 127. The summed E-state index contributed by atoms with van der Waals surface area (Å²) < 4.78 is 15.2. The SMILES string of the molecule is O=C1C=C[C@@H]2[C@H]([C@H]3C=C[C@@H]2C(=O)[C@@]32OCC(I)=C2c2cccs2)[C@]12OCC(I)=C2c1cccs1. The van der Waals surface area contributed by atoms with Crippen LogP contribution in [-0.2, 0) is 19.1 Å². The van der Waals surface area contributed by atoms with Crippen LogP contribution in [-0.4, -0.2) is 36.0 Å². The highest BCUT2D eigenvalue weighted by Gasteiger charge is 2.71. The Hall–Kier alpha value is -0.920. The van der Waals surface area contributed by atoms with Crippen molar-refractivity contribution in [2.45, 2.75) is 11.2 Å². The molecule has 6 atom stereocenters. The lowest BCUT2D eigenvalue weighted by molar-refractivity contribution is -0.172. The summed E-state index contributed by atoms with van der Waals surface area (Å²) >= 11 is 7.93. The fourth-order valence-electron chi connectivity index (χ4n) is 6.70. The molecular weight excluding hydrogens is 694 g/mol. The van der Waals surface area contributed by atoms with E-state index >= 15 is 0 Å². The van der Waals surface area contributed by atoms with E-state index in [0.717, 1.165) is 28.1 Å². The van der Waals surface area contributed by atoms with E-state index in [1.54, 1.807) is 28.7 Å². The molecule has 0 aromatic carbocycles. The molecule has 6 aliphatic rings. The third-order valence-electron chi connectivity index (χ3n) is 7.86. The molecule has 0 radical (unpaired) electrons. The molecule has 172 valence electrons. The molecule has 4 heterocycles. The Kier molecular flexibility index (Phi) is 5.11. The number of hydrogen-bond acceptors (Lipinski definition) is 6. The van der Waals surface area contributed by atoms with Crippen LogP contribution in [0.5, 0.6) is 0 Å². The van der Waals surface area contributed by atoms with Crippen molar-refractivity contribution >= 4 is 90.6 Å². The van der Waals surface area contributed by atoms with Crippen molar-refractivity contribution < 1.29 is 19.1 Å². The summed E-state index contributed by atoms with van der Waals surface area (Å²) in [5.74, 6) is -0.888. The summed E-state index contributed by atoms with van der Waals surface area (Å²) in [6, 6.07) is 8.17. The van der Waals surface area contributed by atoms with Crippen molar-refractivity contribution in [3.05, 3.63) is 76.2 Å². The van der Waals surface area contributed by atoms with E-state index in [0.29, 0.717) is 13.2 Å². The molecule has 2 aliphatic heterocycles. The lowest BCUT2D eigenvalue weighted by Crippen LogP contribution is -2.68. The van der Waals surface area contributed by atoms with Crippen LogP contribution in [0.1, 0.15) is 9.75 Å². The lowest BCUT2D eigenvalue weighted by atomic mass is 9.47. The van der Waals surface area contributed by atoms with E-state index in [1.807, 2.05) is 35.0 Å². The van der Waals surface area contributed by atoms with Gasteiger partial charge in [0.15, 0.2) is 22.8 Å². The van der Waals surface area contributed by atoms with E-state index in [-0.39, 0.29) is 35.2 Å². The molecule has 34 heavy (non-hydrogen) atoms. The second kappa shape index (κ2) is 7.79. The number of Topliss-reactive ketones (excluding diaryl/α,β-unsaturated/α-hetero) is 1. The van der Waals surface area contributed by atoms with Crippen LogP contribution in [0.4, 0.5) is 0 Å². The van der Waals surface area contributed by atoms with Crippen LogP contribution >= 0.6 is 67.9 Å². The zero-order chi connectivity index (χ0) is 23.2. The lowest BCUT2D eigenvalue weighted by Gasteiger charge is -2.58. The Morgan fingerprint density at radius 1 is 0.853 bits per heavy atom. The van der Waals surface area contributed by atoms with Gasteiger partial charge < -0.3 is 9.47 Å². The van der Waals surface area contributed by atoms with Crippen LogP contribution in [0.25, 0.3) is 11.1 Å². The largest absolute Gasteiger partial charge is 0.357 e. The first-order valence-electron chi connectivity index (χ1n) is 11.1. The fraction of sp³-hybridized carbons (Fsp3) is 0.308. The van der Waals surface area contributed by atoms with Gasteiger partial charge >= 0.3 is 0 Å². The molecule has 4 aliphatic carbocycles. The third kappa shape index (κ3) is 2.65. The summed E-state index contributed by atoms with van der Waals surface area (Å²) in [7, 11) is 0. The second-order valence-corrected chi connectivity index (χ2v) is 13.7. The standard InChI is InChI=1S/C26H18I2O4S2/c27-16-11-31-25(22(16)18-3-1-9-33-18)15-7-5-14(24(25)30)13-6-8-20(29)26(21(13)15)23(17(28)12-32-26)19-4-2-10-34-19/h1-10,13-15,21H,11-12H2/t13-,14-,15+,21+,25+,26+/m0/s1.